The fourth-order valence-electron chi connectivity index (χ4n) is 2.84. The normalized spacial score (nSPS) is 11.5. The van der Waals surface area contributed by atoms with E-state index in [1.165, 1.54) is 0 Å². The Morgan fingerprint density at radius 3 is 2.53 bits per heavy atom. The third kappa shape index (κ3) is 6.73. The zero-order chi connectivity index (χ0) is 22.8. The monoisotopic (exact) mass is 437 g/mol. The highest BCUT2D eigenvalue weighted by molar-refractivity contribution is 5.79. The van der Waals surface area contributed by atoms with Gasteiger partial charge in [0, 0.05) is 31.4 Å². The van der Waals surface area contributed by atoms with Crippen LogP contribution in [0.5, 0.6) is 17.4 Å². The highest BCUT2D eigenvalue weighted by atomic mass is 16.5. The minimum absolute atomic E-state index is 0.328. The second kappa shape index (κ2) is 11.7. The molecule has 0 saturated carbocycles. The van der Waals surface area contributed by atoms with E-state index in [9.17, 15) is 0 Å². The number of guanidine groups is 1. The molecule has 0 radical (unpaired) electrons. The molecule has 1 aromatic carbocycles. The van der Waals surface area contributed by atoms with Crippen LogP contribution in [0.15, 0.2) is 58.2 Å². The average Bonchev–Trinajstić information content (AvgIpc) is 3.29. The molecule has 3 aromatic rings. The van der Waals surface area contributed by atoms with E-state index in [4.69, 9.17) is 14.0 Å². The Hall–Kier alpha value is -3.55. The highest BCUT2D eigenvalue weighted by Gasteiger charge is 2.10. The van der Waals surface area contributed by atoms with Crippen LogP contribution < -0.4 is 20.1 Å². The van der Waals surface area contributed by atoms with Crippen molar-refractivity contribution >= 4 is 5.96 Å². The Kier molecular flexibility index (Phi) is 8.48. The van der Waals surface area contributed by atoms with Gasteiger partial charge in [0.1, 0.15) is 11.5 Å². The van der Waals surface area contributed by atoms with E-state index in [0.717, 1.165) is 29.2 Å². The van der Waals surface area contributed by atoms with Crippen LogP contribution in [-0.4, -0.2) is 29.8 Å². The van der Waals surface area contributed by atoms with E-state index in [0.29, 0.717) is 43.2 Å². The van der Waals surface area contributed by atoms with Crippen LogP contribution in [0.1, 0.15) is 50.1 Å². The molecule has 2 aromatic heterocycles. The van der Waals surface area contributed by atoms with Crippen molar-refractivity contribution in [1.29, 1.82) is 0 Å². The second-order valence-electron chi connectivity index (χ2n) is 7.54. The lowest BCUT2D eigenvalue weighted by Crippen LogP contribution is -2.36. The van der Waals surface area contributed by atoms with Crippen molar-refractivity contribution in [2.75, 3.05) is 13.7 Å². The minimum atomic E-state index is 0.328. The summed E-state index contributed by atoms with van der Waals surface area (Å²) in [6.07, 6.45) is 2.68. The van der Waals surface area contributed by atoms with E-state index in [-0.39, 0.29) is 0 Å². The van der Waals surface area contributed by atoms with Crippen LogP contribution in [-0.2, 0) is 13.1 Å². The number of nitrogens with one attached hydrogen (secondary N) is 2. The molecule has 0 unspecified atom stereocenters. The lowest BCUT2D eigenvalue weighted by molar-refractivity contribution is 0.317. The van der Waals surface area contributed by atoms with Crippen molar-refractivity contribution in [2.24, 2.45) is 4.99 Å². The standard InChI is InChI=1S/C24H31N5O3/c1-5-13-30-19-8-10-20(11-9-19)31-23-18(7-6-12-26-23)15-27-24(25-4)28-16-21-14-22(17(2)3)29-32-21/h6-12,14,17H,5,13,15-16H2,1-4H3,(H2,25,27,28). The van der Waals surface area contributed by atoms with Gasteiger partial charge in [0.15, 0.2) is 11.7 Å². The van der Waals surface area contributed by atoms with Crippen LogP contribution in [0.3, 0.4) is 0 Å². The number of aromatic nitrogens is 2. The summed E-state index contributed by atoms with van der Waals surface area (Å²) in [5.74, 6) is 3.78. The first kappa shape index (κ1) is 23.1. The van der Waals surface area contributed by atoms with Gasteiger partial charge in [-0.15, -0.1) is 0 Å². The molecule has 8 nitrogen and oxygen atoms in total. The lowest BCUT2D eigenvalue weighted by Gasteiger charge is -2.13. The molecular weight excluding hydrogens is 406 g/mol. The third-order valence-electron chi connectivity index (χ3n) is 4.63. The van der Waals surface area contributed by atoms with Gasteiger partial charge in [0.2, 0.25) is 5.88 Å². The van der Waals surface area contributed by atoms with Gasteiger partial charge >= 0.3 is 0 Å². The topological polar surface area (TPSA) is 93.8 Å². The summed E-state index contributed by atoms with van der Waals surface area (Å²) in [4.78, 5) is 8.65. The molecule has 2 N–H and O–H groups in total. The molecule has 8 heteroatoms. The molecule has 3 rings (SSSR count). The number of benzene rings is 1. The molecular formula is C24H31N5O3. The summed E-state index contributed by atoms with van der Waals surface area (Å²) in [6, 6.07) is 13.3. The maximum atomic E-state index is 6.00. The molecule has 0 aliphatic carbocycles. The first-order valence-corrected chi connectivity index (χ1v) is 10.8. The van der Waals surface area contributed by atoms with Gasteiger partial charge in [0.25, 0.3) is 0 Å². The average molecular weight is 438 g/mol. The molecule has 32 heavy (non-hydrogen) atoms. The molecule has 0 spiro atoms. The van der Waals surface area contributed by atoms with Crippen molar-refractivity contribution in [1.82, 2.24) is 20.8 Å². The first-order chi connectivity index (χ1) is 15.6. The van der Waals surface area contributed by atoms with Crippen molar-refractivity contribution in [2.45, 2.75) is 46.2 Å². The van der Waals surface area contributed by atoms with E-state index in [1.807, 2.05) is 42.5 Å². The predicted octanol–water partition coefficient (Wildman–Crippen LogP) is 4.64. The number of hydrogen-bond acceptors (Lipinski definition) is 6. The van der Waals surface area contributed by atoms with Crippen LogP contribution in [0.2, 0.25) is 0 Å². The molecule has 0 aliphatic rings. The predicted molar refractivity (Wildman–Crippen MR) is 124 cm³/mol. The third-order valence-corrected chi connectivity index (χ3v) is 4.63. The summed E-state index contributed by atoms with van der Waals surface area (Å²) < 4.78 is 17.0. The Morgan fingerprint density at radius 2 is 1.84 bits per heavy atom. The van der Waals surface area contributed by atoms with E-state index in [1.54, 1.807) is 13.2 Å². The molecule has 0 bridgehead atoms. The molecule has 170 valence electrons. The largest absolute Gasteiger partial charge is 0.494 e. The number of aliphatic imine (C=N–C) groups is 1. The SMILES string of the molecule is CCCOc1ccc(Oc2ncccc2CNC(=NC)NCc2cc(C(C)C)no2)cc1. The van der Waals surface area contributed by atoms with E-state index < -0.39 is 0 Å². The zero-order valence-electron chi connectivity index (χ0n) is 19.1. The minimum Gasteiger partial charge on any atom is -0.494 e. The van der Waals surface area contributed by atoms with Gasteiger partial charge < -0.3 is 24.6 Å². The van der Waals surface area contributed by atoms with Crippen LogP contribution >= 0.6 is 0 Å². The van der Waals surface area contributed by atoms with Gasteiger partial charge in [-0.05, 0) is 42.7 Å². The molecule has 0 fully saturated rings. The quantitative estimate of drug-likeness (QED) is 0.352. The lowest BCUT2D eigenvalue weighted by atomic mass is 10.1. The van der Waals surface area contributed by atoms with Crippen molar-refractivity contribution in [3.05, 3.63) is 65.7 Å². The van der Waals surface area contributed by atoms with Crippen LogP contribution in [0.25, 0.3) is 0 Å². The van der Waals surface area contributed by atoms with Crippen molar-refractivity contribution < 1.29 is 14.0 Å². The number of hydrogen-bond donors (Lipinski definition) is 2. The summed E-state index contributed by atoms with van der Waals surface area (Å²) in [7, 11) is 1.72. The van der Waals surface area contributed by atoms with Crippen molar-refractivity contribution in [3.8, 4) is 17.4 Å². The van der Waals surface area contributed by atoms with Gasteiger partial charge in [-0.25, -0.2) is 4.98 Å². The van der Waals surface area contributed by atoms with Gasteiger partial charge in [-0.2, -0.15) is 0 Å². The van der Waals surface area contributed by atoms with Gasteiger partial charge in [-0.3, -0.25) is 4.99 Å². The summed E-state index contributed by atoms with van der Waals surface area (Å²) >= 11 is 0. The Balaban J connectivity index is 1.56. The fourth-order valence-corrected chi connectivity index (χ4v) is 2.84. The molecule has 0 amide bonds. The molecule has 0 aliphatic heterocycles. The number of ether oxygens (including phenoxy) is 2. The fraction of sp³-hybridized carbons (Fsp3) is 0.375. The molecule has 0 atom stereocenters. The Labute approximate surface area is 189 Å². The first-order valence-electron chi connectivity index (χ1n) is 10.8. The number of pyridine rings is 1. The highest BCUT2D eigenvalue weighted by Crippen LogP contribution is 2.25. The smallest absolute Gasteiger partial charge is 0.224 e. The maximum Gasteiger partial charge on any atom is 0.224 e. The van der Waals surface area contributed by atoms with Crippen LogP contribution in [0.4, 0.5) is 0 Å². The van der Waals surface area contributed by atoms with Gasteiger partial charge in [-0.1, -0.05) is 32.0 Å². The van der Waals surface area contributed by atoms with E-state index >= 15 is 0 Å². The Bertz CT molecular complexity index is 999. The second-order valence-corrected chi connectivity index (χ2v) is 7.54. The molecule has 0 saturated heterocycles. The molecule has 2 heterocycles. The zero-order valence-corrected chi connectivity index (χ0v) is 19.1. The summed E-state index contributed by atoms with van der Waals surface area (Å²) in [6.45, 7) is 7.92. The maximum absolute atomic E-state index is 6.00. The van der Waals surface area contributed by atoms with Crippen molar-refractivity contribution in [3.63, 3.8) is 0 Å². The Morgan fingerprint density at radius 1 is 1.09 bits per heavy atom. The van der Waals surface area contributed by atoms with Gasteiger partial charge in [0.05, 0.1) is 18.8 Å². The number of nitrogens with zero attached hydrogens (tertiary/aromatic N) is 3. The summed E-state index contributed by atoms with van der Waals surface area (Å²) in [5.41, 5.74) is 1.84. The van der Waals surface area contributed by atoms with Crippen LogP contribution in [0, 0.1) is 0 Å². The number of rotatable bonds is 10. The summed E-state index contributed by atoms with van der Waals surface area (Å²) in [5, 5.41) is 10.6. The van der Waals surface area contributed by atoms with E-state index in [2.05, 4.69) is 46.5 Å².